The van der Waals surface area contributed by atoms with Gasteiger partial charge in [0.15, 0.2) is 23.0 Å². The summed E-state index contributed by atoms with van der Waals surface area (Å²) in [6.07, 6.45) is 3.58. The number of hydrogen-bond acceptors (Lipinski definition) is 8. The van der Waals surface area contributed by atoms with Crippen molar-refractivity contribution in [3.8, 4) is 0 Å². The number of nitro groups is 1. The summed E-state index contributed by atoms with van der Waals surface area (Å²) >= 11 is 5.54. The molecule has 1 spiro atoms. The van der Waals surface area contributed by atoms with E-state index in [0.717, 1.165) is 25.7 Å². The van der Waals surface area contributed by atoms with Crippen LogP contribution in [-0.2, 0) is 23.7 Å². The molecule has 5 atom stereocenters. The van der Waals surface area contributed by atoms with E-state index in [1.807, 2.05) is 13.8 Å². The lowest BCUT2D eigenvalue weighted by Gasteiger charge is -2.34. The highest BCUT2D eigenvalue weighted by atomic mass is 32.1. The Balaban J connectivity index is 1.29. The summed E-state index contributed by atoms with van der Waals surface area (Å²) in [6.45, 7) is 4.13. The zero-order valence-electron chi connectivity index (χ0n) is 18.7. The Hall–Kier alpha value is -1.89. The van der Waals surface area contributed by atoms with Crippen LogP contribution in [0.25, 0.3) is 0 Å². The van der Waals surface area contributed by atoms with E-state index < -0.39 is 22.8 Å². The molecule has 4 aliphatic rings. The lowest BCUT2D eigenvalue weighted by molar-refractivity contribution is -0.384. The van der Waals surface area contributed by atoms with E-state index in [1.54, 1.807) is 12.1 Å². The van der Waals surface area contributed by atoms with Crippen LogP contribution >= 0.6 is 12.2 Å². The summed E-state index contributed by atoms with van der Waals surface area (Å²) < 4.78 is 30.9. The Morgan fingerprint density at radius 2 is 1.82 bits per heavy atom. The van der Waals surface area contributed by atoms with Crippen LogP contribution in [-0.4, -0.2) is 58.9 Å². The summed E-state index contributed by atoms with van der Waals surface area (Å²) in [5.74, 6) is -1.29. The van der Waals surface area contributed by atoms with Crippen molar-refractivity contribution >= 4 is 28.7 Å². The molecule has 11 heteroatoms. The molecular weight excluding hydrogens is 450 g/mol. The number of anilines is 1. The first-order valence-electron chi connectivity index (χ1n) is 11.4. The van der Waals surface area contributed by atoms with Gasteiger partial charge >= 0.3 is 0 Å². The summed E-state index contributed by atoms with van der Waals surface area (Å²) in [4.78, 5) is 10.4. The Labute approximate surface area is 197 Å². The molecule has 4 fully saturated rings. The monoisotopic (exact) mass is 479 g/mol. The first kappa shape index (κ1) is 22.9. The Kier molecular flexibility index (Phi) is 6.04. The molecule has 1 aromatic carbocycles. The van der Waals surface area contributed by atoms with E-state index >= 15 is 0 Å². The first-order chi connectivity index (χ1) is 15.7. The van der Waals surface area contributed by atoms with Gasteiger partial charge < -0.3 is 34.3 Å². The van der Waals surface area contributed by atoms with E-state index in [0.29, 0.717) is 17.4 Å². The molecule has 3 heterocycles. The standard InChI is InChI=1S/C22H29N3O7S/c1-21(2)31-18-16(24-20(33)23-13-6-8-14(9-7-13)25(26)27)17(29-19(18)32-21)15-12-28-22(30-15)10-4-3-5-11-22/h6-9,15-19H,3-5,10-12H2,1-2H3,(H2,23,24,33)/t15-,16+,17-,18-,19-/m1/s1. The van der Waals surface area contributed by atoms with Gasteiger partial charge in [-0.3, -0.25) is 10.1 Å². The van der Waals surface area contributed by atoms with E-state index in [-0.39, 0.29) is 30.0 Å². The molecule has 33 heavy (non-hydrogen) atoms. The maximum absolute atomic E-state index is 10.9. The van der Waals surface area contributed by atoms with E-state index in [2.05, 4.69) is 10.6 Å². The van der Waals surface area contributed by atoms with Gasteiger partial charge in [-0.2, -0.15) is 0 Å². The van der Waals surface area contributed by atoms with Crippen molar-refractivity contribution in [2.75, 3.05) is 11.9 Å². The largest absolute Gasteiger partial charge is 0.354 e. The van der Waals surface area contributed by atoms with Crippen molar-refractivity contribution in [2.24, 2.45) is 0 Å². The van der Waals surface area contributed by atoms with Gasteiger partial charge in [0.05, 0.1) is 17.6 Å². The average molecular weight is 480 g/mol. The molecule has 5 rings (SSSR count). The number of nitrogens with zero attached hydrogens (tertiary/aromatic N) is 1. The zero-order valence-corrected chi connectivity index (χ0v) is 19.5. The van der Waals surface area contributed by atoms with Gasteiger partial charge in [-0.1, -0.05) is 6.42 Å². The maximum Gasteiger partial charge on any atom is 0.269 e. The second-order valence-electron chi connectivity index (χ2n) is 9.44. The molecule has 0 aromatic heterocycles. The van der Waals surface area contributed by atoms with Crippen molar-refractivity contribution in [1.82, 2.24) is 5.32 Å². The normalized spacial score (nSPS) is 34.2. The van der Waals surface area contributed by atoms with Crippen molar-refractivity contribution in [2.45, 2.75) is 88.2 Å². The average Bonchev–Trinajstić information content (AvgIpc) is 3.40. The first-order valence-corrected chi connectivity index (χ1v) is 11.8. The van der Waals surface area contributed by atoms with Crippen LogP contribution in [0.4, 0.5) is 11.4 Å². The van der Waals surface area contributed by atoms with Gasteiger partial charge in [0.25, 0.3) is 5.69 Å². The fraction of sp³-hybridized carbons (Fsp3) is 0.682. The van der Waals surface area contributed by atoms with Crippen molar-refractivity contribution in [3.63, 3.8) is 0 Å². The van der Waals surface area contributed by atoms with E-state index in [1.165, 1.54) is 18.6 Å². The third kappa shape index (κ3) is 4.71. The van der Waals surface area contributed by atoms with E-state index in [4.69, 9.17) is 35.9 Å². The highest BCUT2D eigenvalue weighted by Gasteiger charge is 2.59. The number of non-ortho nitro benzene ring substituents is 1. The number of nitro benzene ring substituents is 1. The van der Waals surface area contributed by atoms with Crippen LogP contribution in [0.15, 0.2) is 24.3 Å². The van der Waals surface area contributed by atoms with Crippen molar-refractivity contribution < 1.29 is 28.6 Å². The number of fused-ring (bicyclic) bond motifs is 1. The predicted octanol–water partition coefficient (Wildman–Crippen LogP) is 3.20. The fourth-order valence-electron chi connectivity index (χ4n) is 5.09. The smallest absolute Gasteiger partial charge is 0.269 e. The number of hydrogen-bond donors (Lipinski definition) is 2. The molecule has 1 saturated carbocycles. The Morgan fingerprint density at radius 1 is 1.09 bits per heavy atom. The lowest BCUT2D eigenvalue weighted by atomic mass is 9.94. The van der Waals surface area contributed by atoms with Crippen LogP contribution in [0, 0.1) is 10.1 Å². The van der Waals surface area contributed by atoms with Crippen LogP contribution in [0.2, 0.25) is 0 Å². The quantitative estimate of drug-likeness (QED) is 0.379. The number of rotatable bonds is 4. The van der Waals surface area contributed by atoms with Gasteiger partial charge in [-0.25, -0.2) is 0 Å². The van der Waals surface area contributed by atoms with Gasteiger partial charge in [0.1, 0.15) is 18.3 Å². The Bertz CT molecular complexity index is 906. The highest BCUT2D eigenvalue weighted by molar-refractivity contribution is 7.80. The molecule has 1 aromatic rings. The third-order valence-electron chi connectivity index (χ3n) is 6.58. The number of ether oxygens (including phenoxy) is 5. The number of nitrogens with one attached hydrogen (secondary N) is 2. The minimum atomic E-state index is -0.773. The predicted molar refractivity (Wildman–Crippen MR) is 122 cm³/mol. The summed E-state index contributed by atoms with van der Waals surface area (Å²) in [5.41, 5.74) is 0.649. The Morgan fingerprint density at radius 3 is 2.52 bits per heavy atom. The molecule has 0 unspecified atom stereocenters. The summed E-state index contributed by atoms with van der Waals surface area (Å²) in [7, 11) is 0. The molecule has 1 aliphatic carbocycles. The molecule has 0 amide bonds. The third-order valence-corrected chi connectivity index (χ3v) is 6.80. The summed E-state index contributed by atoms with van der Waals surface area (Å²) in [5, 5.41) is 17.6. The van der Waals surface area contributed by atoms with Gasteiger partial charge in [-0.05, 0) is 51.0 Å². The fourth-order valence-corrected chi connectivity index (χ4v) is 5.35. The topological polar surface area (TPSA) is 113 Å². The number of benzene rings is 1. The lowest BCUT2D eigenvalue weighted by Crippen LogP contribution is -2.53. The van der Waals surface area contributed by atoms with Gasteiger partial charge in [0, 0.05) is 30.7 Å². The SMILES string of the molecule is CC1(C)O[C@H]2O[C@H]([C@H]3COC4(CCCCC4)O3)[C@H](NC(=S)Nc3ccc([N+](=O)[O-])cc3)[C@H]2O1. The molecule has 10 nitrogen and oxygen atoms in total. The second kappa shape index (κ2) is 8.71. The molecule has 180 valence electrons. The van der Waals surface area contributed by atoms with Gasteiger partial charge in [-0.15, -0.1) is 0 Å². The van der Waals surface area contributed by atoms with Crippen molar-refractivity contribution in [1.29, 1.82) is 0 Å². The van der Waals surface area contributed by atoms with Gasteiger partial charge in [0.2, 0.25) is 0 Å². The minimum Gasteiger partial charge on any atom is -0.354 e. The zero-order chi connectivity index (χ0) is 23.2. The molecule has 2 N–H and O–H groups in total. The van der Waals surface area contributed by atoms with Crippen LogP contribution < -0.4 is 10.6 Å². The molecule has 0 radical (unpaired) electrons. The molecule has 3 aliphatic heterocycles. The van der Waals surface area contributed by atoms with Crippen LogP contribution in [0.5, 0.6) is 0 Å². The maximum atomic E-state index is 10.9. The minimum absolute atomic E-state index is 0.0142. The van der Waals surface area contributed by atoms with Crippen LogP contribution in [0.1, 0.15) is 46.0 Å². The van der Waals surface area contributed by atoms with Crippen LogP contribution in [0.3, 0.4) is 0 Å². The van der Waals surface area contributed by atoms with E-state index in [9.17, 15) is 10.1 Å². The second-order valence-corrected chi connectivity index (χ2v) is 9.84. The molecular formula is C22H29N3O7S. The molecule has 0 bridgehead atoms. The van der Waals surface area contributed by atoms with Crippen molar-refractivity contribution in [3.05, 3.63) is 34.4 Å². The number of thiocarbonyl (C=S) groups is 1. The summed E-state index contributed by atoms with van der Waals surface area (Å²) in [6, 6.07) is 5.73. The highest BCUT2D eigenvalue weighted by Crippen LogP contribution is 2.43. The molecule has 3 saturated heterocycles.